The zero-order chi connectivity index (χ0) is 9.59. The molecular formula is C10H13IN2. The Bertz CT molecular complexity index is 338. The fourth-order valence-corrected chi connectivity index (χ4v) is 2.65. The minimum atomic E-state index is 0.464. The summed E-state index contributed by atoms with van der Waals surface area (Å²) >= 11 is 2.39. The smallest absolute Gasteiger partial charge is 0.0982 e. The zero-order valence-corrected chi connectivity index (χ0v) is 10.2. The fraction of sp³-hybridized carbons (Fsp3) is 0.400. The Morgan fingerprint density at radius 3 is 2.54 bits per heavy atom. The van der Waals surface area contributed by atoms with Crippen molar-refractivity contribution >= 4 is 34.0 Å². The highest BCUT2D eigenvalue weighted by atomic mass is 127. The summed E-state index contributed by atoms with van der Waals surface area (Å²) < 4.78 is 1.33. The van der Waals surface area contributed by atoms with Crippen molar-refractivity contribution in [1.29, 1.82) is 0 Å². The third kappa shape index (κ3) is 1.21. The summed E-state index contributed by atoms with van der Waals surface area (Å²) in [5, 5.41) is 0. The molecule has 0 bridgehead atoms. The van der Waals surface area contributed by atoms with Gasteiger partial charge in [-0.2, -0.15) is 0 Å². The van der Waals surface area contributed by atoms with Gasteiger partial charge in [0.1, 0.15) is 0 Å². The lowest BCUT2D eigenvalue weighted by molar-refractivity contribution is 0.709. The number of para-hydroxylation sites is 1. The van der Waals surface area contributed by atoms with Gasteiger partial charge >= 0.3 is 0 Å². The van der Waals surface area contributed by atoms with Crippen LogP contribution in [0, 0.1) is 3.57 Å². The summed E-state index contributed by atoms with van der Waals surface area (Å²) in [5.74, 6) is 0. The summed E-state index contributed by atoms with van der Waals surface area (Å²) in [6.07, 6.45) is 0.464. The summed E-state index contributed by atoms with van der Waals surface area (Å²) in [5.41, 5.74) is 2.69. The van der Waals surface area contributed by atoms with Gasteiger partial charge in [0.15, 0.2) is 0 Å². The predicted molar refractivity (Wildman–Crippen MR) is 65.4 cm³/mol. The van der Waals surface area contributed by atoms with Gasteiger partial charge in [-0.15, -0.1) is 0 Å². The van der Waals surface area contributed by atoms with Crippen LogP contribution in [0.2, 0.25) is 0 Å². The molecule has 1 unspecified atom stereocenters. The van der Waals surface area contributed by atoms with Crippen LogP contribution in [0.5, 0.6) is 0 Å². The van der Waals surface area contributed by atoms with Crippen LogP contribution in [0.1, 0.15) is 6.92 Å². The Morgan fingerprint density at radius 1 is 1.23 bits per heavy atom. The molecule has 2 rings (SSSR count). The fourth-order valence-electron chi connectivity index (χ4n) is 1.79. The van der Waals surface area contributed by atoms with E-state index in [2.05, 4.69) is 71.6 Å². The van der Waals surface area contributed by atoms with Crippen molar-refractivity contribution in [1.82, 2.24) is 0 Å². The lowest BCUT2D eigenvalue weighted by Crippen LogP contribution is -2.35. The third-order valence-electron chi connectivity index (χ3n) is 2.82. The summed E-state index contributed by atoms with van der Waals surface area (Å²) in [7, 11) is 4.29. The molecule has 13 heavy (non-hydrogen) atoms. The van der Waals surface area contributed by atoms with E-state index < -0.39 is 0 Å². The second-order valence-corrected chi connectivity index (χ2v) is 4.62. The number of fused-ring (bicyclic) bond motifs is 1. The Morgan fingerprint density at radius 2 is 1.92 bits per heavy atom. The van der Waals surface area contributed by atoms with E-state index in [1.54, 1.807) is 0 Å². The van der Waals surface area contributed by atoms with Crippen molar-refractivity contribution < 1.29 is 0 Å². The first-order valence-electron chi connectivity index (χ1n) is 4.37. The van der Waals surface area contributed by atoms with Gasteiger partial charge in [0, 0.05) is 17.7 Å². The second-order valence-electron chi connectivity index (χ2n) is 3.46. The molecule has 0 saturated carbocycles. The number of halogens is 1. The maximum absolute atomic E-state index is 2.39. The SMILES string of the molecule is CC1N(C)c2cccc(I)c2N1C. The van der Waals surface area contributed by atoms with Crippen molar-refractivity contribution in [2.24, 2.45) is 0 Å². The highest BCUT2D eigenvalue weighted by molar-refractivity contribution is 14.1. The molecule has 0 radical (unpaired) electrons. The number of hydrogen-bond donors (Lipinski definition) is 0. The average Bonchev–Trinajstić information content (AvgIpc) is 2.33. The molecule has 70 valence electrons. The van der Waals surface area contributed by atoms with Crippen molar-refractivity contribution in [3.8, 4) is 0 Å². The number of hydrogen-bond acceptors (Lipinski definition) is 2. The molecule has 1 aromatic carbocycles. The minimum absolute atomic E-state index is 0.464. The molecule has 1 heterocycles. The van der Waals surface area contributed by atoms with Crippen LogP contribution in [0.25, 0.3) is 0 Å². The molecule has 1 aliphatic heterocycles. The Balaban J connectivity index is 2.60. The number of anilines is 2. The van der Waals surface area contributed by atoms with Crippen LogP contribution in [-0.4, -0.2) is 20.3 Å². The monoisotopic (exact) mass is 288 g/mol. The van der Waals surface area contributed by atoms with Gasteiger partial charge in [-0.1, -0.05) is 6.07 Å². The summed E-state index contributed by atoms with van der Waals surface area (Å²) in [4.78, 5) is 4.62. The molecule has 0 saturated heterocycles. The normalized spacial score (nSPS) is 20.8. The topological polar surface area (TPSA) is 6.48 Å². The van der Waals surface area contributed by atoms with Gasteiger partial charge in [-0.05, 0) is 41.6 Å². The minimum Gasteiger partial charge on any atom is -0.353 e. The molecule has 0 fully saturated rings. The molecule has 1 aromatic rings. The van der Waals surface area contributed by atoms with Gasteiger partial charge in [-0.3, -0.25) is 0 Å². The molecule has 0 amide bonds. The van der Waals surface area contributed by atoms with E-state index >= 15 is 0 Å². The van der Waals surface area contributed by atoms with Gasteiger partial charge in [-0.25, -0.2) is 0 Å². The van der Waals surface area contributed by atoms with Gasteiger partial charge < -0.3 is 9.80 Å². The first kappa shape index (κ1) is 9.12. The lowest BCUT2D eigenvalue weighted by atomic mass is 10.2. The molecular weight excluding hydrogens is 275 g/mol. The molecule has 0 aromatic heterocycles. The van der Waals surface area contributed by atoms with Crippen LogP contribution in [-0.2, 0) is 0 Å². The molecule has 2 nitrogen and oxygen atoms in total. The standard InChI is InChI=1S/C10H13IN2/c1-7-12(2)9-6-4-5-8(11)10(9)13(7)3/h4-7H,1-3H3. The first-order valence-corrected chi connectivity index (χ1v) is 5.45. The molecule has 0 spiro atoms. The molecule has 1 aliphatic rings. The second kappa shape index (κ2) is 3.04. The Labute approximate surface area is 92.7 Å². The third-order valence-corrected chi connectivity index (χ3v) is 3.69. The van der Waals surface area contributed by atoms with E-state index in [-0.39, 0.29) is 0 Å². The van der Waals surface area contributed by atoms with Gasteiger partial charge in [0.05, 0.1) is 17.5 Å². The van der Waals surface area contributed by atoms with E-state index in [1.807, 2.05) is 0 Å². The van der Waals surface area contributed by atoms with Crippen LogP contribution < -0.4 is 9.80 Å². The quantitative estimate of drug-likeness (QED) is 0.677. The Hall–Kier alpha value is -0.450. The van der Waals surface area contributed by atoms with E-state index in [0.29, 0.717) is 6.17 Å². The van der Waals surface area contributed by atoms with E-state index in [4.69, 9.17) is 0 Å². The van der Waals surface area contributed by atoms with Crippen LogP contribution in [0.15, 0.2) is 18.2 Å². The van der Waals surface area contributed by atoms with Crippen molar-refractivity contribution in [2.75, 3.05) is 23.9 Å². The van der Waals surface area contributed by atoms with Crippen molar-refractivity contribution in [3.63, 3.8) is 0 Å². The number of benzene rings is 1. The lowest BCUT2D eigenvalue weighted by Gasteiger charge is -2.23. The van der Waals surface area contributed by atoms with E-state index in [1.165, 1.54) is 14.9 Å². The average molecular weight is 288 g/mol. The van der Waals surface area contributed by atoms with E-state index in [9.17, 15) is 0 Å². The number of nitrogens with zero attached hydrogens (tertiary/aromatic N) is 2. The van der Waals surface area contributed by atoms with Crippen LogP contribution in [0.3, 0.4) is 0 Å². The molecule has 0 aliphatic carbocycles. The molecule has 3 heteroatoms. The zero-order valence-electron chi connectivity index (χ0n) is 8.08. The maximum Gasteiger partial charge on any atom is 0.0982 e. The van der Waals surface area contributed by atoms with Crippen molar-refractivity contribution in [2.45, 2.75) is 13.1 Å². The largest absolute Gasteiger partial charge is 0.353 e. The Kier molecular flexibility index (Phi) is 2.14. The summed E-state index contributed by atoms with van der Waals surface area (Å²) in [6.45, 7) is 2.22. The number of rotatable bonds is 0. The highest BCUT2D eigenvalue weighted by Gasteiger charge is 2.28. The van der Waals surface area contributed by atoms with Gasteiger partial charge in [0.25, 0.3) is 0 Å². The predicted octanol–water partition coefficient (Wildman–Crippen LogP) is 2.52. The van der Waals surface area contributed by atoms with Crippen molar-refractivity contribution in [3.05, 3.63) is 21.8 Å². The summed E-state index contributed by atoms with van der Waals surface area (Å²) in [6, 6.07) is 6.45. The maximum atomic E-state index is 2.39. The van der Waals surface area contributed by atoms with Crippen LogP contribution in [0.4, 0.5) is 11.4 Å². The van der Waals surface area contributed by atoms with Gasteiger partial charge in [0.2, 0.25) is 0 Å². The van der Waals surface area contributed by atoms with Crippen LogP contribution >= 0.6 is 22.6 Å². The first-order chi connectivity index (χ1) is 6.13. The molecule has 0 N–H and O–H groups in total. The highest BCUT2D eigenvalue weighted by Crippen LogP contribution is 2.40. The molecule has 1 atom stereocenters. The van der Waals surface area contributed by atoms with E-state index in [0.717, 1.165) is 0 Å².